The van der Waals surface area contributed by atoms with Crippen molar-refractivity contribution in [3.63, 3.8) is 0 Å². The Hall–Kier alpha value is -6.26. The highest BCUT2D eigenvalue weighted by Gasteiger charge is 2.38. The van der Waals surface area contributed by atoms with Crippen molar-refractivity contribution in [3.05, 3.63) is 205 Å². The van der Waals surface area contributed by atoms with Crippen molar-refractivity contribution in [3.8, 4) is 45.6 Å². The number of hydrogen-bond acceptors (Lipinski definition) is 4. The molecular formula is C43H30N2O2. The molecule has 0 fully saturated rings. The Morgan fingerprint density at radius 3 is 1.00 bits per heavy atom. The first-order valence-corrected chi connectivity index (χ1v) is 15.6. The topological polar surface area (TPSA) is 52.1 Å². The first-order valence-electron chi connectivity index (χ1n) is 15.6. The molecule has 0 bridgehead atoms. The predicted molar refractivity (Wildman–Crippen MR) is 187 cm³/mol. The second kappa shape index (κ2) is 12.3. The molecule has 2 heterocycles. The summed E-state index contributed by atoms with van der Waals surface area (Å²) in [5, 5.41) is 0. The molecule has 0 amide bonds. The molecule has 8 aromatic rings. The van der Waals surface area contributed by atoms with Crippen LogP contribution >= 0.6 is 0 Å². The second-order valence-corrected chi connectivity index (χ2v) is 11.4. The fourth-order valence-corrected chi connectivity index (χ4v) is 6.39. The number of nitrogens with zero attached hydrogens (tertiary/aromatic N) is 2. The van der Waals surface area contributed by atoms with Crippen LogP contribution in [0, 0.1) is 0 Å². The number of hydrogen-bond donors (Lipinski definition) is 0. The van der Waals surface area contributed by atoms with E-state index in [4.69, 9.17) is 8.83 Å². The van der Waals surface area contributed by atoms with E-state index in [1.165, 1.54) is 0 Å². The summed E-state index contributed by atoms with van der Waals surface area (Å²) in [7, 11) is 0. The lowest BCUT2D eigenvalue weighted by Gasteiger charge is -2.37. The van der Waals surface area contributed by atoms with E-state index in [9.17, 15) is 0 Å². The van der Waals surface area contributed by atoms with E-state index < -0.39 is 5.41 Å². The highest BCUT2D eigenvalue weighted by Crippen LogP contribution is 2.46. The molecule has 2 aromatic heterocycles. The van der Waals surface area contributed by atoms with Gasteiger partial charge >= 0.3 is 0 Å². The van der Waals surface area contributed by atoms with Gasteiger partial charge in [0, 0.05) is 22.3 Å². The number of benzene rings is 6. The van der Waals surface area contributed by atoms with Gasteiger partial charge < -0.3 is 8.83 Å². The lowest BCUT2D eigenvalue weighted by atomic mass is 9.65. The fourth-order valence-electron chi connectivity index (χ4n) is 6.39. The van der Waals surface area contributed by atoms with Gasteiger partial charge in [0.1, 0.15) is 0 Å². The van der Waals surface area contributed by atoms with Crippen LogP contribution in [-0.2, 0) is 5.41 Å². The summed E-state index contributed by atoms with van der Waals surface area (Å²) in [4.78, 5) is 9.21. The van der Waals surface area contributed by atoms with E-state index >= 15 is 0 Å². The SMILES string of the molecule is c1ccc(-c2cnc(-c3ccc(C(c4ccccc4)(c4ccccc4)c4ccc(-c5ncc(-c6ccccc6)o5)cc4)cc3)o2)cc1. The molecule has 0 atom stereocenters. The third-order valence-electron chi connectivity index (χ3n) is 8.67. The quantitative estimate of drug-likeness (QED) is 0.162. The lowest BCUT2D eigenvalue weighted by molar-refractivity contribution is 0.588. The summed E-state index contributed by atoms with van der Waals surface area (Å²) in [6, 6.07) is 58.6. The highest BCUT2D eigenvalue weighted by molar-refractivity contribution is 5.67. The van der Waals surface area contributed by atoms with Crippen molar-refractivity contribution in [2.45, 2.75) is 5.41 Å². The molecule has 0 spiro atoms. The van der Waals surface area contributed by atoms with Gasteiger partial charge in [-0.3, -0.25) is 0 Å². The summed E-state index contributed by atoms with van der Waals surface area (Å²) >= 11 is 0. The number of rotatable bonds is 8. The first kappa shape index (κ1) is 28.2. The number of oxazole rings is 2. The van der Waals surface area contributed by atoms with Crippen molar-refractivity contribution >= 4 is 0 Å². The van der Waals surface area contributed by atoms with Gasteiger partial charge in [-0.05, 0) is 46.5 Å². The summed E-state index contributed by atoms with van der Waals surface area (Å²) in [5.41, 5.74) is 7.82. The third-order valence-corrected chi connectivity index (χ3v) is 8.67. The monoisotopic (exact) mass is 606 g/mol. The van der Waals surface area contributed by atoms with Crippen LogP contribution in [0.1, 0.15) is 22.3 Å². The molecule has 4 nitrogen and oxygen atoms in total. The van der Waals surface area contributed by atoms with Crippen LogP contribution in [0.4, 0.5) is 0 Å². The number of aromatic nitrogens is 2. The minimum absolute atomic E-state index is 0.589. The highest BCUT2D eigenvalue weighted by atomic mass is 16.4. The van der Waals surface area contributed by atoms with E-state index in [0.29, 0.717) is 11.8 Å². The van der Waals surface area contributed by atoms with Crippen molar-refractivity contribution in [1.29, 1.82) is 0 Å². The molecule has 0 saturated heterocycles. The summed E-state index contributed by atoms with van der Waals surface area (Å²) < 4.78 is 12.4. The fraction of sp³-hybridized carbons (Fsp3) is 0.0233. The Morgan fingerprint density at radius 2 is 0.638 bits per heavy atom. The Bertz CT molecular complexity index is 2040. The zero-order valence-corrected chi connectivity index (χ0v) is 25.5. The van der Waals surface area contributed by atoms with E-state index in [-0.39, 0.29) is 0 Å². The van der Waals surface area contributed by atoms with Crippen LogP contribution in [0.3, 0.4) is 0 Å². The minimum Gasteiger partial charge on any atom is -0.436 e. The van der Waals surface area contributed by atoms with Crippen molar-refractivity contribution in [2.75, 3.05) is 0 Å². The van der Waals surface area contributed by atoms with Gasteiger partial charge in [0.25, 0.3) is 0 Å². The zero-order chi connectivity index (χ0) is 31.5. The molecule has 224 valence electrons. The molecule has 0 unspecified atom stereocenters. The summed E-state index contributed by atoms with van der Waals surface area (Å²) in [5.74, 6) is 2.67. The molecule has 47 heavy (non-hydrogen) atoms. The Kier molecular flexibility index (Phi) is 7.37. The van der Waals surface area contributed by atoms with Gasteiger partial charge in [0.05, 0.1) is 17.8 Å². The van der Waals surface area contributed by atoms with Gasteiger partial charge in [0.15, 0.2) is 11.5 Å². The average molecular weight is 607 g/mol. The smallest absolute Gasteiger partial charge is 0.226 e. The van der Waals surface area contributed by atoms with E-state index in [2.05, 4.69) is 119 Å². The predicted octanol–water partition coefficient (Wildman–Crippen LogP) is 10.7. The minimum atomic E-state index is -0.600. The molecular weight excluding hydrogens is 576 g/mol. The van der Waals surface area contributed by atoms with E-state index in [0.717, 1.165) is 56.0 Å². The second-order valence-electron chi connectivity index (χ2n) is 11.4. The molecule has 0 aliphatic heterocycles. The largest absolute Gasteiger partial charge is 0.436 e. The van der Waals surface area contributed by atoms with Gasteiger partial charge in [-0.25, -0.2) is 9.97 Å². The maximum atomic E-state index is 6.19. The molecule has 0 radical (unpaired) electrons. The Balaban J connectivity index is 1.23. The maximum Gasteiger partial charge on any atom is 0.226 e. The van der Waals surface area contributed by atoms with Crippen LogP contribution in [-0.4, -0.2) is 9.97 Å². The van der Waals surface area contributed by atoms with E-state index in [1.807, 2.05) is 60.7 Å². The molecule has 0 aliphatic carbocycles. The Labute approximate surface area is 273 Å². The van der Waals surface area contributed by atoms with Gasteiger partial charge in [-0.2, -0.15) is 0 Å². The lowest BCUT2D eigenvalue weighted by Crippen LogP contribution is -2.31. The summed E-state index contributed by atoms with van der Waals surface area (Å²) in [6.07, 6.45) is 3.57. The zero-order valence-electron chi connectivity index (χ0n) is 25.5. The van der Waals surface area contributed by atoms with Gasteiger partial charge in [0.2, 0.25) is 11.8 Å². The first-order chi connectivity index (χ1) is 23.3. The molecule has 4 heteroatoms. The molecule has 0 aliphatic rings. The Morgan fingerprint density at radius 1 is 0.319 bits per heavy atom. The van der Waals surface area contributed by atoms with Crippen molar-refractivity contribution in [2.24, 2.45) is 0 Å². The van der Waals surface area contributed by atoms with Crippen molar-refractivity contribution < 1.29 is 8.83 Å². The van der Waals surface area contributed by atoms with Crippen LogP contribution < -0.4 is 0 Å². The van der Waals surface area contributed by atoms with Crippen molar-refractivity contribution in [1.82, 2.24) is 9.97 Å². The maximum absolute atomic E-state index is 6.19. The summed E-state index contributed by atoms with van der Waals surface area (Å²) in [6.45, 7) is 0. The van der Waals surface area contributed by atoms with Crippen LogP contribution in [0.2, 0.25) is 0 Å². The van der Waals surface area contributed by atoms with Crippen LogP contribution in [0.15, 0.2) is 191 Å². The third kappa shape index (κ3) is 5.26. The molecule has 8 rings (SSSR count). The molecule has 6 aromatic carbocycles. The normalized spacial score (nSPS) is 11.4. The van der Waals surface area contributed by atoms with Crippen LogP contribution in [0.25, 0.3) is 45.6 Å². The van der Waals surface area contributed by atoms with Gasteiger partial charge in [-0.1, -0.05) is 146 Å². The van der Waals surface area contributed by atoms with Crippen LogP contribution in [0.5, 0.6) is 0 Å². The molecule has 0 saturated carbocycles. The van der Waals surface area contributed by atoms with Gasteiger partial charge in [-0.15, -0.1) is 0 Å². The van der Waals surface area contributed by atoms with E-state index in [1.54, 1.807) is 12.4 Å². The molecule has 0 N–H and O–H groups in total. The average Bonchev–Trinajstić information content (AvgIpc) is 3.86. The standard InChI is InChI=1S/C43H30N2O2/c1-5-13-31(14-6-1)39-29-44-41(46-39)33-21-25-37(26-22-33)43(35-17-9-3-10-18-35,36-19-11-4-12-20-36)38-27-23-34(24-28-38)42-45-30-40(47-42)32-15-7-2-8-16-32/h1-30H.